The first-order valence-corrected chi connectivity index (χ1v) is 10.5. The molecule has 4 rings (SSSR count). The molecule has 3 saturated carbocycles. The largest absolute Gasteiger partial charge is 0.393 e. The van der Waals surface area contributed by atoms with Gasteiger partial charge in [0.05, 0.1) is 6.10 Å². The number of carbonyl (C=O) groups excluding carboxylic acids is 1. The maximum atomic E-state index is 12.6. The van der Waals surface area contributed by atoms with Crippen LogP contribution in [0.25, 0.3) is 0 Å². The lowest BCUT2D eigenvalue weighted by Crippen LogP contribution is -2.51. The molecule has 0 bridgehead atoms. The Labute approximate surface area is 153 Å². The van der Waals surface area contributed by atoms with Gasteiger partial charge in [0.1, 0.15) is 5.78 Å². The molecule has 2 nitrogen and oxygen atoms in total. The number of allylic oxidation sites excluding steroid dienone is 1. The maximum absolute atomic E-state index is 12.6. The van der Waals surface area contributed by atoms with Crippen molar-refractivity contribution in [2.24, 2.45) is 39.9 Å². The van der Waals surface area contributed by atoms with E-state index in [0.717, 1.165) is 31.1 Å². The second-order valence-corrected chi connectivity index (χ2v) is 10.9. The van der Waals surface area contributed by atoms with Gasteiger partial charge in [-0.25, -0.2) is 0 Å². The molecular weight excluding hydrogens is 308 g/mol. The van der Waals surface area contributed by atoms with Gasteiger partial charge in [0.15, 0.2) is 0 Å². The number of ketones is 1. The van der Waals surface area contributed by atoms with Crippen LogP contribution in [0.15, 0.2) is 11.6 Å². The lowest BCUT2D eigenvalue weighted by atomic mass is 9.47. The van der Waals surface area contributed by atoms with Gasteiger partial charge < -0.3 is 5.11 Å². The average molecular weight is 345 g/mol. The Kier molecular flexibility index (Phi) is 3.87. The number of carbonyl (C=O) groups is 1. The van der Waals surface area contributed by atoms with E-state index in [1.165, 1.54) is 31.3 Å². The molecule has 1 N–H and O–H groups in total. The van der Waals surface area contributed by atoms with Crippen LogP contribution in [0, 0.1) is 39.9 Å². The van der Waals surface area contributed by atoms with Crippen molar-refractivity contribution < 1.29 is 9.90 Å². The molecule has 7 atom stereocenters. The Bertz CT molecular complexity index is 618. The molecule has 2 heteroatoms. The number of aliphatic hydroxyl groups excluding tert-OH is 1. The third-order valence-corrected chi connectivity index (χ3v) is 9.11. The van der Waals surface area contributed by atoms with E-state index < -0.39 is 0 Å². The number of rotatable bonds is 1. The Morgan fingerprint density at radius 2 is 1.84 bits per heavy atom. The summed E-state index contributed by atoms with van der Waals surface area (Å²) in [7, 11) is 0. The predicted molar refractivity (Wildman–Crippen MR) is 101 cm³/mol. The van der Waals surface area contributed by atoms with Gasteiger partial charge in [-0.05, 0) is 85.9 Å². The van der Waals surface area contributed by atoms with Gasteiger partial charge in [-0.2, -0.15) is 0 Å². The third kappa shape index (κ3) is 2.35. The molecule has 0 spiro atoms. The monoisotopic (exact) mass is 344 g/mol. The highest BCUT2D eigenvalue weighted by atomic mass is 16.3. The van der Waals surface area contributed by atoms with Gasteiger partial charge in [-0.1, -0.05) is 39.3 Å². The lowest BCUT2D eigenvalue weighted by Gasteiger charge is -2.57. The van der Waals surface area contributed by atoms with E-state index in [4.69, 9.17) is 0 Å². The minimum absolute atomic E-state index is 0.128. The first-order valence-electron chi connectivity index (χ1n) is 10.5. The number of hydrogen-bond acceptors (Lipinski definition) is 2. The Morgan fingerprint density at radius 3 is 2.52 bits per heavy atom. The lowest BCUT2D eigenvalue weighted by molar-refractivity contribution is -0.130. The standard InChI is InChI=1S/C23H36O2/c1-14(24)20-21(2,3)13-19-17-7-6-15-12-16(25)8-10-22(15,4)18(17)9-11-23(19,20)5/h6,16-20,25H,7-13H2,1-5H3. The van der Waals surface area contributed by atoms with Gasteiger partial charge in [-0.3, -0.25) is 4.79 Å². The first kappa shape index (κ1) is 17.8. The van der Waals surface area contributed by atoms with Gasteiger partial charge in [-0.15, -0.1) is 0 Å². The minimum atomic E-state index is -0.128. The molecule has 0 amide bonds. The normalized spacial score (nSPS) is 51.1. The van der Waals surface area contributed by atoms with Crippen molar-refractivity contribution in [1.29, 1.82) is 0 Å². The van der Waals surface area contributed by atoms with Gasteiger partial charge in [0.2, 0.25) is 0 Å². The average Bonchev–Trinajstić information content (AvgIpc) is 2.73. The topological polar surface area (TPSA) is 37.3 Å². The Hall–Kier alpha value is -0.630. The van der Waals surface area contributed by atoms with E-state index >= 15 is 0 Å². The summed E-state index contributed by atoms with van der Waals surface area (Å²) in [6, 6.07) is 0. The number of aliphatic hydroxyl groups is 1. The molecule has 25 heavy (non-hydrogen) atoms. The fourth-order valence-electron chi connectivity index (χ4n) is 8.32. The van der Waals surface area contributed by atoms with Crippen molar-refractivity contribution in [2.45, 2.75) is 85.7 Å². The van der Waals surface area contributed by atoms with Crippen molar-refractivity contribution in [1.82, 2.24) is 0 Å². The molecule has 0 saturated heterocycles. The molecule has 0 aliphatic heterocycles. The number of Topliss-reactive ketones (excluding diaryl/α,β-unsaturated/α-hetero) is 1. The van der Waals surface area contributed by atoms with Crippen LogP contribution < -0.4 is 0 Å². The molecule has 3 fully saturated rings. The van der Waals surface area contributed by atoms with E-state index in [2.05, 4.69) is 33.8 Å². The number of hydrogen-bond donors (Lipinski definition) is 1. The predicted octanol–water partition coefficient (Wildman–Crippen LogP) is 5.15. The summed E-state index contributed by atoms with van der Waals surface area (Å²) in [5.74, 6) is 2.78. The molecule has 0 heterocycles. The van der Waals surface area contributed by atoms with E-state index in [-0.39, 0.29) is 22.9 Å². The summed E-state index contributed by atoms with van der Waals surface area (Å²) in [5, 5.41) is 10.1. The van der Waals surface area contributed by atoms with Crippen molar-refractivity contribution >= 4 is 5.78 Å². The van der Waals surface area contributed by atoms with E-state index in [1.807, 2.05) is 6.92 Å². The highest BCUT2D eigenvalue weighted by molar-refractivity contribution is 5.80. The molecule has 4 aliphatic rings. The zero-order chi connectivity index (χ0) is 18.2. The molecule has 0 aromatic carbocycles. The van der Waals surface area contributed by atoms with Crippen LogP contribution in [0.1, 0.15) is 79.6 Å². The van der Waals surface area contributed by atoms with Crippen molar-refractivity contribution in [3.05, 3.63) is 11.6 Å². The molecule has 7 unspecified atom stereocenters. The zero-order valence-electron chi connectivity index (χ0n) is 16.8. The quantitative estimate of drug-likeness (QED) is 0.668. The van der Waals surface area contributed by atoms with E-state index in [1.54, 1.807) is 0 Å². The van der Waals surface area contributed by atoms with Crippen LogP contribution in [0.4, 0.5) is 0 Å². The van der Waals surface area contributed by atoms with Crippen molar-refractivity contribution in [3.63, 3.8) is 0 Å². The zero-order valence-corrected chi connectivity index (χ0v) is 16.8. The minimum Gasteiger partial charge on any atom is -0.393 e. The van der Waals surface area contributed by atoms with Crippen LogP contribution in [-0.2, 0) is 4.79 Å². The summed E-state index contributed by atoms with van der Waals surface area (Å²) in [6.07, 6.45) is 10.2. The van der Waals surface area contributed by atoms with Crippen LogP contribution in [0.2, 0.25) is 0 Å². The summed E-state index contributed by atoms with van der Waals surface area (Å²) in [4.78, 5) is 12.6. The smallest absolute Gasteiger partial charge is 0.133 e. The summed E-state index contributed by atoms with van der Waals surface area (Å²) in [5.41, 5.74) is 2.15. The van der Waals surface area contributed by atoms with Crippen LogP contribution in [0.5, 0.6) is 0 Å². The summed E-state index contributed by atoms with van der Waals surface area (Å²) >= 11 is 0. The van der Waals surface area contributed by atoms with Gasteiger partial charge >= 0.3 is 0 Å². The molecule has 0 aromatic rings. The highest BCUT2D eigenvalue weighted by Gasteiger charge is 2.64. The second kappa shape index (κ2) is 5.44. The molecule has 140 valence electrons. The van der Waals surface area contributed by atoms with E-state index in [0.29, 0.717) is 17.1 Å². The highest BCUT2D eigenvalue weighted by Crippen LogP contribution is 2.69. The van der Waals surface area contributed by atoms with Crippen LogP contribution >= 0.6 is 0 Å². The molecule has 4 aliphatic carbocycles. The Morgan fingerprint density at radius 1 is 1.12 bits per heavy atom. The molecule has 0 aromatic heterocycles. The second-order valence-electron chi connectivity index (χ2n) is 10.9. The van der Waals surface area contributed by atoms with Gasteiger partial charge in [0, 0.05) is 5.92 Å². The molecule has 0 radical (unpaired) electrons. The fourth-order valence-corrected chi connectivity index (χ4v) is 8.32. The molecular formula is C23H36O2. The third-order valence-electron chi connectivity index (χ3n) is 9.11. The summed E-state index contributed by atoms with van der Waals surface area (Å²) < 4.78 is 0. The first-order chi connectivity index (χ1) is 11.6. The van der Waals surface area contributed by atoms with Crippen LogP contribution in [0.3, 0.4) is 0 Å². The SMILES string of the molecule is CC(=O)C1C(C)(C)CC2C3CC=C4CC(O)CCC4(C)C3CCC21C. The Balaban J connectivity index is 1.71. The van der Waals surface area contributed by atoms with Crippen LogP contribution in [-0.4, -0.2) is 17.0 Å². The van der Waals surface area contributed by atoms with Crippen molar-refractivity contribution in [3.8, 4) is 0 Å². The number of fused-ring (bicyclic) bond motifs is 5. The maximum Gasteiger partial charge on any atom is 0.133 e. The fraction of sp³-hybridized carbons (Fsp3) is 0.870. The summed E-state index contributed by atoms with van der Waals surface area (Å²) in [6.45, 7) is 11.4. The van der Waals surface area contributed by atoms with Crippen molar-refractivity contribution in [2.75, 3.05) is 0 Å². The van der Waals surface area contributed by atoms with Gasteiger partial charge in [0.25, 0.3) is 0 Å². The van der Waals surface area contributed by atoms with E-state index in [9.17, 15) is 9.90 Å².